The predicted molar refractivity (Wildman–Crippen MR) is 131 cm³/mol. The van der Waals surface area contributed by atoms with E-state index in [1.165, 1.54) is 17.2 Å². The molecule has 0 aliphatic heterocycles. The van der Waals surface area contributed by atoms with Gasteiger partial charge in [0.25, 0.3) is 0 Å². The molecule has 0 saturated heterocycles. The minimum absolute atomic E-state index is 0.00255. The third-order valence-electron chi connectivity index (χ3n) is 5.50. The van der Waals surface area contributed by atoms with Gasteiger partial charge in [0.15, 0.2) is 0 Å². The van der Waals surface area contributed by atoms with Gasteiger partial charge in [0, 0.05) is 12.0 Å². The Morgan fingerprint density at radius 2 is 1.46 bits per heavy atom. The first kappa shape index (κ1) is 23.1. The Hall–Kier alpha value is -5.02. The van der Waals surface area contributed by atoms with Crippen LogP contribution in [0, 0.1) is 12.3 Å². The summed E-state index contributed by atoms with van der Waals surface area (Å²) in [4.78, 5) is 24.3. The van der Waals surface area contributed by atoms with Crippen LogP contribution in [0.3, 0.4) is 0 Å². The summed E-state index contributed by atoms with van der Waals surface area (Å²) in [5, 5.41) is 30.2. The standard InChI is InChI=1S/C23H16O6.C6H4/c1-2-15-10-6-7-11-19(15)29-23(28)20-16(12-14-8-4-3-5-9-14)21(25)17(22(26)27)13-18(20)24;1-2-6-4-3-5(1)6/h1,3-11,13,24-25H,12H2,(H,26,27);1-4H. The highest BCUT2D eigenvalue weighted by atomic mass is 16.5. The van der Waals surface area contributed by atoms with Crippen LogP contribution in [0.15, 0.2) is 84.9 Å². The van der Waals surface area contributed by atoms with Crippen LogP contribution in [-0.4, -0.2) is 27.3 Å². The Morgan fingerprint density at radius 3 is 2.00 bits per heavy atom. The van der Waals surface area contributed by atoms with E-state index >= 15 is 0 Å². The largest absolute Gasteiger partial charge is 0.507 e. The number of benzene rings is 4. The topological polar surface area (TPSA) is 104 Å². The van der Waals surface area contributed by atoms with Gasteiger partial charge in [-0.1, -0.05) is 72.7 Å². The van der Waals surface area contributed by atoms with Crippen LogP contribution in [0.5, 0.6) is 17.2 Å². The molecule has 3 aromatic carbocycles. The molecule has 2 aliphatic rings. The summed E-state index contributed by atoms with van der Waals surface area (Å²) in [5.41, 5.74) is 2.97. The third-order valence-corrected chi connectivity index (χ3v) is 5.50. The summed E-state index contributed by atoms with van der Waals surface area (Å²) in [6, 6.07) is 24.5. The summed E-state index contributed by atoms with van der Waals surface area (Å²) >= 11 is 0. The maximum atomic E-state index is 12.8. The number of rotatable bonds is 5. The Balaban J connectivity index is 0.000000411. The van der Waals surface area contributed by atoms with E-state index in [1.54, 1.807) is 48.5 Å². The van der Waals surface area contributed by atoms with Gasteiger partial charge in [-0.15, -0.1) is 6.42 Å². The lowest BCUT2D eigenvalue weighted by molar-refractivity contribution is 0.0685. The minimum atomic E-state index is -1.44. The summed E-state index contributed by atoms with van der Waals surface area (Å²) in [7, 11) is 0. The second kappa shape index (κ2) is 9.86. The van der Waals surface area contributed by atoms with Crippen molar-refractivity contribution in [3.63, 3.8) is 0 Å². The van der Waals surface area contributed by atoms with E-state index in [2.05, 4.69) is 30.2 Å². The molecule has 6 heteroatoms. The molecule has 172 valence electrons. The summed E-state index contributed by atoms with van der Waals surface area (Å²) in [6.07, 6.45) is 5.41. The average Bonchev–Trinajstić information content (AvgIpc) is 2.84. The van der Waals surface area contributed by atoms with Gasteiger partial charge in [0.1, 0.15) is 28.4 Å². The second-order valence-corrected chi connectivity index (χ2v) is 7.72. The Bertz CT molecular complexity index is 1430. The van der Waals surface area contributed by atoms with Crippen molar-refractivity contribution in [2.45, 2.75) is 6.42 Å². The van der Waals surface area contributed by atoms with Gasteiger partial charge in [-0.2, -0.15) is 0 Å². The number of esters is 1. The van der Waals surface area contributed by atoms with Crippen molar-refractivity contribution in [1.82, 2.24) is 0 Å². The van der Waals surface area contributed by atoms with E-state index in [9.17, 15) is 24.9 Å². The van der Waals surface area contributed by atoms with Gasteiger partial charge in [-0.25, -0.2) is 9.59 Å². The maximum absolute atomic E-state index is 12.8. The first-order valence-electron chi connectivity index (χ1n) is 10.6. The van der Waals surface area contributed by atoms with E-state index in [4.69, 9.17) is 11.2 Å². The first-order chi connectivity index (χ1) is 16.9. The lowest BCUT2D eigenvalue weighted by Crippen LogP contribution is -2.14. The quantitative estimate of drug-likeness (QED) is 0.142. The third kappa shape index (κ3) is 4.85. The highest BCUT2D eigenvalue weighted by Gasteiger charge is 2.27. The van der Waals surface area contributed by atoms with E-state index < -0.39 is 29.0 Å². The SMILES string of the molecule is C#Cc1ccccc1OC(=O)c1c(O)cc(C(=O)O)c(O)c1Cc1ccccc1.c1cc2ccc1-2. The number of carboxylic acids is 1. The number of aromatic carboxylic acids is 1. The Morgan fingerprint density at radius 1 is 0.857 bits per heavy atom. The monoisotopic (exact) mass is 464 g/mol. The smallest absolute Gasteiger partial charge is 0.347 e. The maximum Gasteiger partial charge on any atom is 0.347 e. The number of para-hydroxylation sites is 1. The number of carbonyl (C=O) groups is 2. The molecule has 0 heterocycles. The van der Waals surface area contributed by atoms with Gasteiger partial charge in [-0.05, 0) is 34.9 Å². The molecule has 35 heavy (non-hydrogen) atoms. The fraction of sp³-hybridized carbons (Fsp3) is 0.0345. The van der Waals surface area contributed by atoms with Crippen molar-refractivity contribution in [1.29, 1.82) is 0 Å². The molecule has 0 amide bonds. The summed E-state index contributed by atoms with van der Waals surface area (Å²) in [5.74, 6) is -1.15. The van der Waals surface area contributed by atoms with Gasteiger partial charge in [0.2, 0.25) is 0 Å². The molecule has 6 nitrogen and oxygen atoms in total. The molecular weight excluding hydrogens is 444 g/mol. The molecule has 0 unspecified atom stereocenters. The zero-order valence-corrected chi connectivity index (χ0v) is 18.4. The Kier molecular flexibility index (Phi) is 6.52. The van der Waals surface area contributed by atoms with Crippen LogP contribution in [0.25, 0.3) is 11.1 Å². The molecule has 0 radical (unpaired) electrons. The van der Waals surface area contributed by atoms with E-state index in [0.717, 1.165) is 6.07 Å². The van der Waals surface area contributed by atoms with Gasteiger partial charge < -0.3 is 20.1 Å². The van der Waals surface area contributed by atoms with Crippen molar-refractivity contribution in [2.24, 2.45) is 0 Å². The first-order valence-corrected chi connectivity index (χ1v) is 10.6. The number of carboxylic acid groups (broad SMARTS) is 1. The normalized spacial score (nSPS) is 10.4. The molecular formula is C29H20O6. The number of hydrogen-bond acceptors (Lipinski definition) is 5. The zero-order valence-electron chi connectivity index (χ0n) is 18.4. The van der Waals surface area contributed by atoms with Crippen molar-refractivity contribution in [3.8, 4) is 40.7 Å². The predicted octanol–water partition coefficient (Wildman–Crippen LogP) is 5.25. The molecule has 0 aromatic heterocycles. The van der Waals surface area contributed by atoms with Crippen LogP contribution in [0.4, 0.5) is 0 Å². The number of carbonyl (C=O) groups excluding carboxylic acids is 1. The molecule has 5 rings (SSSR count). The number of terminal acetylenes is 1. The number of aromatic hydroxyl groups is 2. The molecule has 3 N–H and O–H groups in total. The van der Waals surface area contributed by atoms with Crippen molar-refractivity contribution < 1.29 is 29.6 Å². The van der Waals surface area contributed by atoms with Crippen LogP contribution < -0.4 is 4.74 Å². The summed E-state index contributed by atoms with van der Waals surface area (Å²) in [6.45, 7) is 0. The molecule has 0 fully saturated rings. The number of ether oxygens (including phenoxy) is 1. The Labute approximate surface area is 201 Å². The highest BCUT2D eigenvalue weighted by molar-refractivity contribution is 6.00. The van der Waals surface area contributed by atoms with E-state index in [1.807, 2.05) is 0 Å². The molecule has 0 bridgehead atoms. The number of phenolic OH excluding ortho intramolecular Hbond substituents is 1. The van der Waals surface area contributed by atoms with E-state index in [-0.39, 0.29) is 23.3 Å². The van der Waals surface area contributed by atoms with Gasteiger partial charge in [-0.3, -0.25) is 0 Å². The summed E-state index contributed by atoms with van der Waals surface area (Å²) < 4.78 is 5.34. The number of hydrogen-bond donors (Lipinski definition) is 3. The zero-order chi connectivity index (χ0) is 24.9. The van der Waals surface area contributed by atoms with Crippen molar-refractivity contribution in [3.05, 3.63) is 113 Å². The lowest BCUT2D eigenvalue weighted by atomic mass is 9.95. The van der Waals surface area contributed by atoms with Crippen molar-refractivity contribution >= 4 is 11.9 Å². The second-order valence-electron chi connectivity index (χ2n) is 7.72. The minimum Gasteiger partial charge on any atom is -0.507 e. The fourth-order valence-electron chi connectivity index (χ4n) is 3.56. The number of fused-ring (bicyclic) bond motifs is 1. The highest BCUT2D eigenvalue weighted by Crippen LogP contribution is 2.36. The van der Waals surface area contributed by atoms with Crippen molar-refractivity contribution in [2.75, 3.05) is 0 Å². The fourth-order valence-corrected chi connectivity index (χ4v) is 3.56. The molecule has 0 spiro atoms. The van der Waals surface area contributed by atoms with E-state index in [0.29, 0.717) is 11.1 Å². The van der Waals surface area contributed by atoms with Crippen LogP contribution in [0.1, 0.15) is 37.4 Å². The average molecular weight is 464 g/mol. The van der Waals surface area contributed by atoms with Gasteiger partial charge in [0.05, 0.1) is 5.56 Å². The molecule has 3 aromatic rings. The molecule has 0 atom stereocenters. The van der Waals surface area contributed by atoms with Crippen LogP contribution >= 0.6 is 0 Å². The molecule has 0 saturated carbocycles. The molecule has 2 aliphatic carbocycles. The van der Waals surface area contributed by atoms with Crippen LogP contribution in [0.2, 0.25) is 0 Å². The lowest BCUT2D eigenvalue weighted by Gasteiger charge is -2.15. The number of phenols is 2. The van der Waals surface area contributed by atoms with Crippen LogP contribution in [-0.2, 0) is 6.42 Å². The van der Waals surface area contributed by atoms with Gasteiger partial charge >= 0.3 is 11.9 Å².